The summed E-state index contributed by atoms with van der Waals surface area (Å²) in [6.07, 6.45) is 1.34. The van der Waals surface area contributed by atoms with E-state index in [4.69, 9.17) is 5.11 Å². The summed E-state index contributed by atoms with van der Waals surface area (Å²) in [7, 11) is 0. The molecule has 2 N–H and O–H groups in total. The number of anilines is 1. The minimum atomic E-state index is -0.866. The maximum Gasteiger partial charge on any atom is 0.309 e. The smallest absolute Gasteiger partial charge is 0.309 e. The topological polar surface area (TPSA) is 83.5 Å². The molecule has 0 aromatic heterocycles. The SMILES string of the molecule is CC(C)(CCC(C)(C)C(=O)Nc1ccc2c(c1)C(=O)C2)C(=O)O. The van der Waals surface area contributed by atoms with Gasteiger partial charge in [0.05, 0.1) is 5.41 Å². The van der Waals surface area contributed by atoms with E-state index in [0.29, 0.717) is 30.5 Å². The summed E-state index contributed by atoms with van der Waals surface area (Å²) in [5, 5.41) is 12.0. The maximum atomic E-state index is 12.5. The zero-order valence-corrected chi connectivity index (χ0v) is 14.0. The van der Waals surface area contributed by atoms with Gasteiger partial charge in [-0.3, -0.25) is 14.4 Å². The molecule has 124 valence electrons. The van der Waals surface area contributed by atoms with Gasteiger partial charge in [0.25, 0.3) is 0 Å². The van der Waals surface area contributed by atoms with E-state index in [1.54, 1.807) is 39.8 Å². The van der Waals surface area contributed by atoms with Crippen LogP contribution in [-0.2, 0) is 16.0 Å². The summed E-state index contributed by atoms with van der Waals surface area (Å²) >= 11 is 0. The Bertz CT molecular complexity index is 674. The molecular formula is C18H23NO4. The Kier molecular flexibility index (Phi) is 4.33. The largest absolute Gasteiger partial charge is 0.481 e. The highest BCUT2D eigenvalue weighted by molar-refractivity contribution is 6.08. The Balaban J connectivity index is 2.01. The quantitative estimate of drug-likeness (QED) is 0.843. The van der Waals surface area contributed by atoms with Crippen LogP contribution >= 0.6 is 0 Å². The molecule has 0 aliphatic heterocycles. The van der Waals surface area contributed by atoms with Crippen LogP contribution in [0.5, 0.6) is 0 Å². The average molecular weight is 317 g/mol. The van der Waals surface area contributed by atoms with Crippen molar-refractivity contribution >= 4 is 23.3 Å². The third kappa shape index (κ3) is 3.60. The second-order valence-corrected chi connectivity index (χ2v) is 7.50. The molecule has 0 saturated carbocycles. The van der Waals surface area contributed by atoms with Crippen molar-refractivity contribution in [3.63, 3.8) is 0 Å². The number of benzene rings is 1. The van der Waals surface area contributed by atoms with Crippen molar-refractivity contribution in [3.05, 3.63) is 29.3 Å². The van der Waals surface area contributed by atoms with Gasteiger partial charge in [0.15, 0.2) is 5.78 Å². The van der Waals surface area contributed by atoms with Crippen molar-refractivity contribution in [2.45, 2.75) is 47.0 Å². The molecule has 5 nitrogen and oxygen atoms in total. The molecule has 1 aromatic carbocycles. The van der Waals surface area contributed by atoms with Crippen LogP contribution in [0, 0.1) is 10.8 Å². The number of ketones is 1. The van der Waals surface area contributed by atoms with Crippen molar-refractivity contribution in [1.82, 2.24) is 0 Å². The number of carboxylic acids is 1. The molecule has 1 aromatic rings. The first kappa shape index (κ1) is 17.2. The number of carbonyl (C=O) groups excluding carboxylic acids is 2. The number of fused-ring (bicyclic) bond motifs is 1. The average Bonchev–Trinajstić information content (AvgIpc) is 2.45. The van der Waals surface area contributed by atoms with Gasteiger partial charge in [-0.05, 0) is 44.4 Å². The Hall–Kier alpha value is -2.17. The molecular weight excluding hydrogens is 294 g/mol. The second-order valence-electron chi connectivity index (χ2n) is 7.50. The van der Waals surface area contributed by atoms with Gasteiger partial charge in [0.2, 0.25) is 5.91 Å². The second kappa shape index (κ2) is 5.80. The zero-order chi connectivity index (χ0) is 17.4. The molecule has 1 aliphatic carbocycles. The van der Waals surface area contributed by atoms with Crippen LogP contribution in [0.15, 0.2) is 18.2 Å². The van der Waals surface area contributed by atoms with Crippen molar-refractivity contribution < 1.29 is 19.5 Å². The molecule has 2 rings (SSSR count). The molecule has 1 aliphatic rings. The first-order valence-electron chi connectivity index (χ1n) is 7.74. The number of carboxylic acid groups (broad SMARTS) is 1. The first-order valence-corrected chi connectivity index (χ1v) is 7.74. The van der Waals surface area contributed by atoms with Gasteiger partial charge in [-0.1, -0.05) is 19.9 Å². The molecule has 5 heteroatoms. The minimum absolute atomic E-state index is 0.0959. The molecule has 1 amide bonds. The van der Waals surface area contributed by atoms with Crippen LogP contribution in [0.2, 0.25) is 0 Å². The monoisotopic (exact) mass is 317 g/mol. The highest BCUT2D eigenvalue weighted by Gasteiger charge is 2.34. The lowest BCUT2D eigenvalue weighted by Gasteiger charge is -2.28. The van der Waals surface area contributed by atoms with Gasteiger partial charge in [-0.25, -0.2) is 0 Å². The van der Waals surface area contributed by atoms with Crippen LogP contribution in [0.1, 0.15) is 56.5 Å². The van der Waals surface area contributed by atoms with Gasteiger partial charge in [0, 0.05) is 23.1 Å². The predicted molar refractivity (Wildman–Crippen MR) is 87.5 cm³/mol. The molecule has 23 heavy (non-hydrogen) atoms. The summed E-state index contributed by atoms with van der Waals surface area (Å²) in [6.45, 7) is 6.91. The lowest BCUT2D eigenvalue weighted by molar-refractivity contribution is -0.148. The lowest BCUT2D eigenvalue weighted by atomic mass is 9.78. The first-order chi connectivity index (χ1) is 10.5. The summed E-state index contributed by atoms with van der Waals surface area (Å²) in [4.78, 5) is 35.1. The van der Waals surface area contributed by atoms with E-state index in [1.165, 1.54) is 0 Å². The molecule has 0 unspecified atom stereocenters. The standard InChI is InChI=1S/C18H23NO4/c1-17(2,7-8-18(3,4)16(22)23)15(21)19-12-6-5-11-9-14(20)13(11)10-12/h5-6,10H,7-9H2,1-4H3,(H,19,21)(H,22,23). The maximum absolute atomic E-state index is 12.5. The van der Waals surface area contributed by atoms with Crippen LogP contribution in [0.3, 0.4) is 0 Å². The lowest BCUT2D eigenvalue weighted by Crippen LogP contribution is -2.34. The van der Waals surface area contributed by atoms with E-state index < -0.39 is 16.8 Å². The number of nitrogens with one attached hydrogen (secondary N) is 1. The van der Waals surface area contributed by atoms with Crippen molar-refractivity contribution in [3.8, 4) is 0 Å². The molecule has 0 spiro atoms. The summed E-state index contributed by atoms with van der Waals surface area (Å²) < 4.78 is 0. The number of carbonyl (C=O) groups is 3. The molecule has 0 bridgehead atoms. The van der Waals surface area contributed by atoms with E-state index >= 15 is 0 Å². The van der Waals surface area contributed by atoms with Crippen LogP contribution < -0.4 is 5.32 Å². The molecule has 0 heterocycles. The summed E-state index contributed by atoms with van der Waals surface area (Å²) in [5.74, 6) is -0.946. The van der Waals surface area contributed by atoms with E-state index in [2.05, 4.69) is 5.32 Å². The highest BCUT2D eigenvalue weighted by atomic mass is 16.4. The van der Waals surface area contributed by atoms with Crippen LogP contribution in [0.25, 0.3) is 0 Å². The number of aliphatic carboxylic acids is 1. The molecule has 0 fully saturated rings. The van der Waals surface area contributed by atoms with Crippen molar-refractivity contribution in [2.24, 2.45) is 10.8 Å². The zero-order valence-electron chi connectivity index (χ0n) is 14.0. The Labute approximate surface area is 136 Å². The molecule has 0 saturated heterocycles. The fourth-order valence-electron chi connectivity index (χ4n) is 2.38. The Morgan fingerprint density at radius 1 is 1.13 bits per heavy atom. The van der Waals surface area contributed by atoms with Gasteiger partial charge < -0.3 is 10.4 Å². The fraction of sp³-hybridized carbons (Fsp3) is 0.500. The van der Waals surface area contributed by atoms with Gasteiger partial charge >= 0.3 is 5.97 Å². The van der Waals surface area contributed by atoms with E-state index in [0.717, 1.165) is 5.56 Å². The van der Waals surface area contributed by atoms with Gasteiger partial charge in [0.1, 0.15) is 0 Å². The van der Waals surface area contributed by atoms with Gasteiger partial charge in [-0.2, -0.15) is 0 Å². The summed E-state index contributed by atoms with van der Waals surface area (Å²) in [5.41, 5.74) is 0.731. The number of hydrogen-bond acceptors (Lipinski definition) is 3. The van der Waals surface area contributed by atoms with Crippen molar-refractivity contribution in [1.29, 1.82) is 0 Å². The third-order valence-electron chi connectivity index (χ3n) is 4.59. The number of Topliss-reactive ketones (excluding diaryl/α,β-unsaturated/α-hetero) is 1. The number of rotatable bonds is 6. The van der Waals surface area contributed by atoms with Crippen LogP contribution in [0.4, 0.5) is 5.69 Å². The van der Waals surface area contributed by atoms with Crippen molar-refractivity contribution in [2.75, 3.05) is 5.32 Å². The van der Waals surface area contributed by atoms with E-state index in [-0.39, 0.29) is 11.7 Å². The number of amides is 1. The number of hydrogen-bond donors (Lipinski definition) is 2. The van der Waals surface area contributed by atoms with Gasteiger partial charge in [-0.15, -0.1) is 0 Å². The normalized spacial score (nSPS) is 14.0. The Morgan fingerprint density at radius 3 is 2.30 bits per heavy atom. The molecule has 0 atom stereocenters. The minimum Gasteiger partial charge on any atom is -0.481 e. The Morgan fingerprint density at radius 2 is 1.74 bits per heavy atom. The van der Waals surface area contributed by atoms with E-state index in [1.807, 2.05) is 6.07 Å². The predicted octanol–water partition coefficient (Wildman–Crippen LogP) is 3.28. The van der Waals surface area contributed by atoms with E-state index in [9.17, 15) is 14.4 Å². The van der Waals surface area contributed by atoms with Crippen LogP contribution in [-0.4, -0.2) is 22.8 Å². The third-order valence-corrected chi connectivity index (χ3v) is 4.59. The molecule has 0 radical (unpaired) electrons. The summed E-state index contributed by atoms with van der Waals surface area (Å²) in [6, 6.07) is 5.35. The fourth-order valence-corrected chi connectivity index (χ4v) is 2.38. The highest BCUT2D eigenvalue weighted by Crippen LogP contribution is 2.33.